The number of carboxylic acids is 1. The summed E-state index contributed by atoms with van der Waals surface area (Å²) in [5.41, 5.74) is 0.360. The van der Waals surface area contributed by atoms with Gasteiger partial charge in [-0.25, -0.2) is 4.79 Å². The highest BCUT2D eigenvalue weighted by molar-refractivity contribution is 14.1. The van der Waals surface area contributed by atoms with Gasteiger partial charge in [0.05, 0.1) is 6.10 Å². The predicted molar refractivity (Wildman–Crippen MR) is 74.4 cm³/mol. The van der Waals surface area contributed by atoms with Gasteiger partial charge >= 0.3 is 5.97 Å². The van der Waals surface area contributed by atoms with Crippen molar-refractivity contribution in [2.24, 2.45) is 0 Å². The lowest BCUT2D eigenvalue weighted by Crippen LogP contribution is -2.09. The summed E-state index contributed by atoms with van der Waals surface area (Å²) in [6, 6.07) is 1.69. The monoisotopic (exact) mass is 351 g/mol. The fourth-order valence-electron chi connectivity index (χ4n) is 1.54. The molecule has 0 aliphatic carbocycles. The van der Waals surface area contributed by atoms with Crippen LogP contribution in [0.15, 0.2) is 12.3 Å². The van der Waals surface area contributed by atoms with Gasteiger partial charge in [-0.2, -0.15) is 0 Å². The Morgan fingerprint density at radius 3 is 2.82 bits per heavy atom. The van der Waals surface area contributed by atoms with Crippen LogP contribution in [0.4, 0.5) is 0 Å². The molecule has 5 heteroatoms. The molecular formula is C12H18INO3. The minimum absolute atomic E-state index is 0.261. The minimum atomic E-state index is -0.869. The summed E-state index contributed by atoms with van der Waals surface area (Å²) in [5, 5.41) is 9.01. The van der Waals surface area contributed by atoms with Crippen LogP contribution in [0.1, 0.15) is 37.2 Å². The Hall–Kier alpha value is -0.560. The lowest BCUT2D eigenvalue weighted by molar-refractivity contribution is 0.0683. The molecular weight excluding hydrogens is 333 g/mol. The van der Waals surface area contributed by atoms with Crippen LogP contribution in [-0.2, 0) is 11.3 Å². The number of hydrogen-bond acceptors (Lipinski definition) is 2. The maximum Gasteiger partial charge on any atom is 0.352 e. The topological polar surface area (TPSA) is 51.5 Å². The lowest BCUT2D eigenvalue weighted by Gasteiger charge is -2.08. The van der Waals surface area contributed by atoms with Gasteiger partial charge in [0.1, 0.15) is 5.69 Å². The van der Waals surface area contributed by atoms with E-state index in [2.05, 4.69) is 22.6 Å². The SMILES string of the molecule is CC(C)OCCCCn1cc(I)cc1C(=O)O. The molecule has 0 atom stereocenters. The molecule has 1 aromatic heterocycles. The number of rotatable bonds is 7. The summed E-state index contributed by atoms with van der Waals surface area (Å²) >= 11 is 2.13. The first kappa shape index (κ1) is 14.5. The maximum absolute atomic E-state index is 11.0. The van der Waals surface area contributed by atoms with Crippen molar-refractivity contribution < 1.29 is 14.6 Å². The first-order chi connectivity index (χ1) is 8.00. The first-order valence-corrected chi connectivity index (χ1v) is 6.79. The normalized spacial score (nSPS) is 11.1. The van der Waals surface area contributed by atoms with Crippen molar-refractivity contribution in [3.8, 4) is 0 Å². The van der Waals surface area contributed by atoms with E-state index in [-0.39, 0.29) is 6.10 Å². The molecule has 0 aromatic carbocycles. The number of nitrogens with zero attached hydrogens (tertiary/aromatic N) is 1. The van der Waals surface area contributed by atoms with Crippen molar-refractivity contribution in [3.63, 3.8) is 0 Å². The number of carbonyl (C=O) groups is 1. The van der Waals surface area contributed by atoms with Crippen LogP contribution in [0.25, 0.3) is 0 Å². The largest absolute Gasteiger partial charge is 0.477 e. The van der Waals surface area contributed by atoms with E-state index in [4.69, 9.17) is 9.84 Å². The molecule has 0 unspecified atom stereocenters. The van der Waals surface area contributed by atoms with Crippen molar-refractivity contribution in [1.82, 2.24) is 4.57 Å². The Labute approximate surface area is 115 Å². The van der Waals surface area contributed by atoms with Gasteiger partial charge in [-0.15, -0.1) is 0 Å². The third-order valence-electron chi connectivity index (χ3n) is 2.33. The molecule has 1 rings (SSSR count). The van der Waals surface area contributed by atoms with Crippen molar-refractivity contribution in [2.45, 2.75) is 39.3 Å². The molecule has 0 aliphatic rings. The molecule has 0 bridgehead atoms. The van der Waals surface area contributed by atoms with Gasteiger partial charge in [0.2, 0.25) is 0 Å². The zero-order chi connectivity index (χ0) is 12.8. The standard InChI is InChI=1S/C12H18INO3/c1-9(2)17-6-4-3-5-14-8-10(13)7-11(14)12(15)16/h7-9H,3-6H2,1-2H3,(H,15,16). The molecule has 0 saturated carbocycles. The Morgan fingerprint density at radius 1 is 1.53 bits per heavy atom. The van der Waals surface area contributed by atoms with Gasteiger partial charge in [0, 0.05) is 22.9 Å². The van der Waals surface area contributed by atoms with Gasteiger partial charge in [0.15, 0.2) is 0 Å². The van der Waals surface area contributed by atoms with E-state index < -0.39 is 5.97 Å². The van der Waals surface area contributed by atoms with E-state index in [0.717, 1.165) is 29.6 Å². The van der Waals surface area contributed by atoms with Crippen LogP contribution < -0.4 is 0 Å². The zero-order valence-corrected chi connectivity index (χ0v) is 12.3. The second-order valence-electron chi connectivity index (χ2n) is 4.17. The number of aryl methyl sites for hydroxylation is 1. The molecule has 1 N–H and O–H groups in total. The Balaban J connectivity index is 2.38. The summed E-state index contributed by atoms with van der Waals surface area (Å²) < 4.78 is 8.18. The molecule has 0 aliphatic heterocycles. The van der Waals surface area contributed by atoms with E-state index >= 15 is 0 Å². The smallest absolute Gasteiger partial charge is 0.352 e. The second kappa shape index (κ2) is 7.00. The van der Waals surface area contributed by atoms with Crippen LogP contribution in [0, 0.1) is 3.57 Å². The summed E-state index contributed by atoms with van der Waals surface area (Å²) in [7, 11) is 0. The van der Waals surface area contributed by atoms with Gasteiger partial charge in [-0.3, -0.25) is 0 Å². The van der Waals surface area contributed by atoms with Crippen LogP contribution in [0.2, 0.25) is 0 Å². The number of hydrogen-bond donors (Lipinski definition) is 1. The zero-order valence-electron chi connectivity index (χ0n) is 10.1. The Bertz CT molecular complexity index is 374. The molecule has 0 amide bonds. The highest BCUT2D eigenvalue weighted by Gasteiger charge is 2.10. The Morgan fingerprint density at radius 2 is 2.24 bits per heavy atom. The minimum Gasteiger partial charge on any atom is -0.477 e. The quantitative estimate of drug-likeness (QED) is 0.607. The molecule has 1 heterocycles. The highest BCUT2D eigenvalue weighted by Crippen LogP contribution is 2.12. The molecule has 1 aromatic rings. The number of aromatic nitrogens is 1. The van der Waals surface area contributed by atoms with Crippen molar-refractivity contribution in [1.29, 1.82) is 0 Å². The van der Waals surface area contributed by atoms with E-state index in [9.17, 15) is 4.79 Å². The number of halogens is 1. The molecule has 0 fully saturated rings. The summed E-state index contributed by atoms with van der Waals surface area (Å²) in [5.74, 6) is -0.869. The van der Waals surface area contributed by atoms with Crippen LogP contribution in [0.3, 0.4) is 0 Å². The average Bonchev–Trinajstić information content (AvgIpc) is 2.59. The summed E-state index contributed by atoms with van der Waals surface area (Å²) in [6.07, 6.45) is 4.01. The maximum atomic E-state index is 11.0. The van der Waals surface area contributed by atoms with E-state index in [0.29, 0.717) is 5.69 Å². The first-order valence-electron chi connectivity index (χ1n) is 5.71. The fourth-order valence-corrected chi connectivity index (χ4v) is 2.17. The van der Waals surface area contributed by atoms with E-state index in [1.165, 1.54) is 0 Å². The van der Waals surface area contributed by atoms with Gasteiger partial charge in [-0.05, 0) is 55.3 Å². The van der Waals surface area contributed by atoms with Crippen molar-refractivity contribution in [2.75, 3.05) is 6.61 Å². The van der Waals surface area contributed by atoms with Crippen molar-refractivity contribution >= 4 is 28.6 Å². The molecule has 0 radical (unpaired) electrons. The summed E-state index contributed by atoms with van der Waals surface area (Å²) in [4.78, 5) is 11.0. The third-order valence-corrected chi connectivity index (χ3v) is 2.92. The molecule has 96 valence electrons. The molecule has 4 nitrogen and oxygen atoms in total. The fraction of sp³-hybridized carbons (Fsp3) is 0.583. The average molecular weight is 351 g/mol. The molecule has 0 spiro atoms. The van der Waals surface area contributed by atoms with Crippen LogP contribution >= 0.6 is 22.6 Å². The van der Waals surface area contributed by atoms with Crippen LogP contribution in [0.5, 0.6) is 0 Å². The van der Waals surface area contributed by atoms with Gasteiger partial charge < -0.3 is 14.4 Å². The van der Waals surface area contributed by atoms with E-state index in [1.807, 2.05) is 20.0 Å². The number of aromatic carboxylic acids is 1. The second-order valence-corrected chi connectivity index (χ2v) is 5.41. The number of carboxylic acid groups (broad SMARTS) is 1. The van der Waals surface area contributed by atoms with Crippen LogP contribution in [-0.4, -0.2) is 28.4 Å². The molecule has 0 saturated heterocycles. The highest BCUT2D eigenvalue weighted by atomic mass is 127. The Kier molecular flexibility index (Phi) is 5.97. The molecule has 17 heavy (non-hydrogen) atoms. The number of ether oxygens (including phenoxy) is 1. The third kappa shape index (κ3) is 5.08. The van der Waals surface area contributed by atoms with Gasteiger partial charge in [-0.1, -0.05) is 0 Å². The number of unbranched alkanes of at least 4 members (excludes halogenated alkanes) is 1. The van der Waals surface area contributed by atoms with Crippen molar-refractivity contribution in [3.05, 3.63) is 21.5 Å². The predicted octanol–water partition coefficient (Wildman–Crippen LogP) is 3.00. The summed E-state index contributed by atoms with van der Waals surface area (Å²) in [6.45, 7) is 5.48. The van der Waals surface area contributed by atoms with Gasteiger partial charge in [0.25, 0.3) is 0 Å². The lowest BCUT2D eigenvalue weighted by atomic mass is 10.3. The van der Waals surface area contributed by atoms with E-state index in [1.54, 1.807) is 10.6 Å².